The van der Waals surface area contributed by atoms with Crippen LogP contribution in [0.25, 0.3) is 5.69 Å². The molecule has 1 aliphatic heterocycles. The summed E-state index contributed by atoms with van der Waals surface area (Å²) in [6, 6.07) is 10.8. The van der Waals surface area contributed by atoms with Gasteiger partial charge < -0.3 is 10.6 Å². The van der Waals surface area contributed by atoms with E-state index >= 15 is 0 Å². The first-order valence-electron chi connectivity index (χ1n) is 7.83. The highest BCUT2D eigenvalue weighted by Crippen LogP contribution is 2.25. The third-order valence-corrected chi connectivity index (χ3v) is 4.39. The minimum Gasteiger partial charge on any atom is -0.342 e. The summed E-state index contributed by atoms with van der Waals surface area (Å²) in [5, 5.41) is 0. The molecule has 4 nitrogen and oxygen atoms in total. The van der Waals surface area contributed by atoms with Crippen LogP contribution in [0.2, 0.25) is 0 Å². The molecule has 1 aliphatic rings. The number of nitrogens with zero attached hydrogens (tertiary/aromatic N) is 3. The molecule has 0 amide bonds. The highest BCUT2D eigenvalue weighted by molar-refractivity contribution is 5.45. The molecule has 1 aromatic carbocycles. The fraction of sp³-hybridized carbons (Fsp3) is 0.471. The van der Waals surface area contributed by atoms with Crippen LogP contribution in [0.3, 0.4) is 0 Å². The van der Waals surface area contributed by atoms with Gasteiger partial charge in [0.15, 0.2) is 0 Å². The zero-order valence-corrected chi connectivity index (χ0v) is 12.9. The van der Waals surface area contributed by atoms with Gasteiger partial charge in [-0.05, 0) is 30.9 Å². The third kappa shape index (κ3) is 2.81. The molecule has 2 aromatic rings. The molecule has 0 aliphatic carbocycles. The average molecular weight is 284 g/mol. The molecule has 3 rings (SSSR count). The average Bonchev–Trinajstić information content (AvgIpc) is 2.95. The lowest BCUT2D eigenvalue weighted by atomic mass is 9.95. The highest BCUT2D eigenvalue weighted by atomic mass is 15.3. The Hall–Kier alpha value is -1.81. The summed E-state index contributed by atoms with van der Waals surface area (Å²) < 4.78 is 2.21. The Labute approximate surface area is 126 Å². The van der Waals surface area contributed by atoms with Crippen LogP contribution in [0.4, 0.5) is 5.95 Å². The summed E-state index contributed by atoms with van der Waals surface area (Å²) in [4.78, 5) is 7.21. The molecule has 4 heteroatoms. The van der Waals surface area contributed by atoms with Crippen molar-refractivity contribution in [1.29, 1.82) is 0 Å². The van der Waals surface area contributed by atoms with E-state index in [1.807, 2.05) is 6.07 Å². The first kappa shape index (κ1) is 14.1. The Morgan fingerprint density at radius 1 is 1.29 bits per heavy atom. The number of hydrogen-bond acceptors (Lipinski definition) is 3. The van der Waals surface area contributed by atoms with Crippen molar-refractivity contribution in [3.8, 4) is 5.69 Å². The maximum Gasteiger partial charge on any atom is 0.210 e. The van der Waals surface area contributed by atoms with E-state index in [-0.39, 0.29) is 0 Å². The van der Waals surface area contributed by atoms with Crippen molar-refractivity contribution < 1.29 is 0 Å². The maximum absolute atomic E-state index is 6.15. The lowest BCUT2D eigenvalue weighted by molar-refractivity contribution is 0.379. The summed E-state index contributed by atoms with van der Waals surface area (Å²) >= 11 is 0. The number of hydrogen-bond donors (Lipinski definition) is 1. The Kier molecular flexibility index (Phi) is 3.97. The molecule has 0 spiro atoms. The summed E-state index contributed by atoms with van der Waals surface area (Å²) in [5.74, 6) is 1.56. The SMILES string of the molecule is CCc1cn(-c2ccccc2)c(N2CCC(N)C(C)C2)n1. The first-order chi connectivity index (χ1) is 10.2. The molecule has 21 heavy (non-hydrogen) atoms. The van der Waals surface area contributed by atoms with E-state index in [9.17, 15) is 0 Å². The normalized spacial score (nSPS) is 22.5. The fourth-order valence-corrected chi connectivity index (χ4v) is 2.94. The number of para-hydroxylation sites is 1. The molecule has 1 saturated heterocycles. The van der Waals surface area contributed by atoms with Gasteiger partial charge in [0, 0.05) is 31.0 Å². The number of piperidine rings is 1. The van der Waals surface area contributed by atoms with E-state index < -0.39 is 0 Å². The molecule has 2 atom stereocenters. The number of anilines is 1. The van der Waals surface area contributed by atoms with Gasteiger partial charge in [0.2, 0.25) is 5.95 Å². The van der Waals surface area contributed by atoms with Gasteiger partial charge in [0.05, 0.1) is 5.69 Å². The number of aromatic nitrogens is 2. The summed E-state index contributed by atoms with van der Waals surface area (Å²) in [7, 11) is 0. The fourth-order valence-electron chi connectivity index (χ4n) is 2.94. The Bertz CT molecular complexity index is 590. The van der Waals surface area contributed by atoms with Crippen LogP contribution < -0.4 is 10.6 Å². The number of benzene rings is 1. The third-order valence-electron chi connectivity index (χ3n) is 4.39. The van der Waals surface area contributed by atoms with Crippen LogP contribution in [0, 0.1) is 5.92 Å². The van der Waals surface area contributed by atoms with Crippen molar-refractivity contribution in [1.82, 2.24) is 9.55 Å². The van der Waals surface area contributed by atoms with Crippen molar-refractivity contribution in [3.63, 3.8) is 0 Å². The predicted octanol–water partition coefficient (Wildman–Crippen LogP) is 2.61. The monoisotopic (exact) mass is 284 g/mol. The van der Waals surface area contributed by atoms with Gasteiger partial charge in [0.25, 0.3) is 0 Å². The van der Waals surface area contributed by atoms with E-state index in [2.05, 4.69) is 53.8 Å². The van der Waals surface area contributed by atoms with Crippen LogP contribution in [0.5, 0.6) is 0 Å². The predicted molar refractivity (Wildman–Crippen MR) is 86.9 cm³/mol. The van der Waals surface area contributed by atoms with Crippen LogP contribution in [0.1, 0.15) is 26.0 Å². The van der Waals surface area contributed by atoms with Crippen LogP contribution in [0.15, 0.2) is 36.5 Å². The van der Waals surface area contributed by atoms with E-state index in [1.54, 1.807) is 0 Å². The van der Waals surface area contributed by atoms with Gasteiger partial charge in [-0.2, -0.15) is 0 Å². The molecule has 0 bridgehead atoms. The summed E-state index contributed by atoms with van der Waals surface area (Å²) in [6.45, 7) is 6.34. The topological polar surface area (TPSA) is 47.1 Å². The van der Waals surface area contributed by atoms with E-state index in [0.29, 0.717) is 12.0 Å². The van der Waals surface area contributed by atoms with Crippen molar-refractivity contribution in [3.05, 3.63) is 42.2 Å². The second-order valence-electron chi connectivity index (χ2n) is 5.97. The zero-order chi connectivity index (χ0) is 14.8. The number of nitrogens with two attached hydrogens (primary N) is 1. The van der Waals surface area contributed by atoms with Gasteiger partial charge in [-0.15, -0.1) is 0 Å². The van der Waals surface area contributed by atoms with Crippen LogP contribution in [-0.4, -0.2) is 28.7 Å². The molecule has 1 fully saturated rings. The van der Waals surface area contributed by atoms with Crippen molar-refractivity contribution in [2.24, 2.45) is 11.7 Å². The molecule has 1 aromatic heterocycles. The van der Waals surface area contributed by atoms with Gasteiger partial charge in [-0.1, -0.05) is 32.0 Å². The molecule has 2 heterocycles. The lowest BCUT2D eigenvalue weighted by Crippen LogP contribution is -2.46. The second kappa shape index (κ2) is 5.90. The van der Waals surface area contributed by atoms with Gasteiger partial charge in [-0.25, -0.2) is 4.98 Å². The minimum atomic E-state index is 0.312. The molecular weight excluding hydrogens is 260 g/mol. The molecular formula is C17H24N4. The maximum atomic E-state index is 6.15. The zero-order valence-electron chi connectivity index (χ0n) is 12.9. The summed E-state index contributed by atoms with van der Waals surface area (Å²) in [6.07, 6.45) is 4.14. The largest absolute Gasteiger partial charge is 0.342 e. The van der Waals surface area contributed by atoms with Gasteiger partial charge in [-0.3, -0.25) is 4.57 Å². The number of rotatable bonds is 3. The number of aryl methyl sites for hydroxylation is 1. The van der Waals surface area contributed by atoms with Gasteiger partial charge >= 0.3 is 0 Å². The second-order valence-corrected chi connectivity index (χ2v) is 5.97. The van der Waals surface area contributed by atoms with Crippen LogP contribution in [-0.2, 0) is 6.42 Å². The Morgan fingerprint density at radius 3 is 2.71 bits per heavy atom. The lowest BCUT2D eigenvalue weighted by Gasteiger charge is -2.35. The Morgan fingerprint density at radius 2 is 2.05 bits per heavy atom. The van der Waals surface area contributed by atoms with Crippen molar-refractivity contribution in [2.45, 2.75) is 32.7 Å². The molecule has 0 saturated carbocycles. The first-order valence-corrected chi connectivity index (χ1v) is 7.83. The van der Waals surface area contributed by atoms with Crippen molar-refractivity contribution >= 4 is 5.95 Å². The molecule has 112 valence electrons. The smallest absolute Gasteiger partial charge is 0.210 e. The Balaban J connectivity index is 1.96. The quantitative estimate of drug-likeness (QED) is 0.942. The van der Waals surface area contributed by atoms with Gasteiger partial charge in [0.1, 0.15) is 0 Å². The minimum absolute atomic E-state index is 0.312. The van der Waals surface area contributed by atoms with E-state index in [0.717, 1.165) is 37.6 Å². The highest BCUT2D eigenvalue weighted by Gasteiger charge is 2.26. The van der Waals surface area contributed by atoms with E-state index in [4.69, 9.17) is 10.7 Å². The number of imidazole rings is 1. The van der Waals surface area contributed by atoms with E-state index in [1.165, 1.54) is 5.69 Å². The molecule has 2 unspecified atom stereocenters. The molecule has 2 N–H and O–H groups in total. The standard InChI is InChI=1S/C17H24N4/c1-3-14-12-21(15-7-5-4-6-8-15)17(19-14)20-10-9-16(18)13(2)11-20/h4-8,12-13,16H,3,9-11,18H2,1-2H3. The van der Waals surface area contributed by atoms with Crippen LogP contribution >= 0.6 is 0 Å². The van der Waals surface area contributed by atoms with Crippen molar-refractivity contribution in [2.75, 3.05) is 18.0 Å². The summed E-state index contributed by atoms with van der Waals surface area (Å²) in [5.41, 5.74) is 8.45. The molecule has 0 radical (unpaired) electrons.